The van der Waals surface area contributed by atoms with Crippen molar-refractivity contribution in [2.75, 3.05) is 6.61 Å². The Balaban J connectivity index is 1.28. The van der Waals surface area contributed by atoms with Crippen molar-refractivity contribution in [1.29, 1.82) is 0 Å². The van der Waals surface area contributed by atoms with Crippen molar-refractivity contribution in [2.24, 2.45) is 40.4 Å². The summed E-state index contributed by atoms with van der Waals surface area (Å²) in [6.45, 7) is 8.86. The summed E-state index contributed by atoms with van der Waals surface area (Å²) in [6.07, 6.45) is -2.03. The molecule has 0 spiro atoms. The van der Waals surface area contributed by atoms with Crippen LogP contribution in [0.25, 0.3) is 0 Å². The van der Waals surface area contributed by atoms with Crippen LogP contribution in [0.15, 0.2) is 11.1 Å². The first kappa shape index (κ1) is 27.3. The van der Waals surface area contributed by atoms with E-state index in [1.54, 1.807) is 0 Å². The molecule has 16 atom stereocenters. The molecule has 4 N–H and O–H groups in total. The molecule has 10 nitrogen and oxygen atoms in total. The van der Waals surface area contributed by atoms with Gasteiger partial charge in [-0.25, -0.2) is 4.79 Å². The maximum Gasteiger partial charge on any atom is 0.336 e. The molecule has 7 aliphatic rings. The van der Waals surface area contributed by atoms with E-state index in [0.717, 1.165) is 5.57 Å². The zero-order valence-electron chi connectivity index (χ0n) is 23.8. The van der Waals surface area contributed by atoms with Crippen LogP contribution in [0.4, 0.5) is 0 Å². The van der Waals surface area contributed by atoms with Crippen LogP contribution in [0.2, 0.25) is 0 Å². The summed E-state index contributed by atoms with van der Waals surface area (Å²) in [7, 11) is 0. The Kier molecular flexibility index (Phi) is 5.80. The molecule has 0 radical (unpaired) electrons. The number of carbonyl (C=O) groups excluding carboxylic acids is 2. The molecule has 0 aromatic carbocycles. The van der Waals surface area contributed by atoms with Crippen LogP contribution < -0.4 is 0 Å². The molecule has 10 heteroatoms. The predicted molar refractivity (Wildman–Crippen MR) is 137 cm³/mol. The summed E-state index contributed by atoms with van der Waals surface area (Å²) >= 11 is 0. The number of aliphatic hydroxyl groups excluding tert-OH is 3. The molecule has 40 heavy (non-hydrogen) atoms. The van der Waals surface area contributed by atoms with Gasteiger partial charge in [-0.2, -0.15) is 0 Å². The highest BCUT2D eigenvalue weighted by molar-refractivity contribution is 5.90. The molecule has 0 aromatic heterocycles. The van der Waals surface area contributed by atoms with Gasteiger partial charge in [-0.15, -0.1) is 0 Å². The topological polar surface area (TPSA) is 159 Å². The molecular formula is C30H42O10. The number of esters is 2. The normalized spacial score (nSPS) is 56.6. The number of fused-ring (bicyclic) bond motifs is 9. The monoisotopic (exact) mass is 562 g/mol. The Morgan fingerprint density at radius 3 is 2.52 bits per heavy atom. The summed E-state index contributed by atoms with van der Waals surface area (Å²) in [5.41, 5.74) is -1.77. The number of aliphatic hydroxyl groups is 4. The van der Waals surface area contributed by atoms with Crippen molar-refractivity contribution < 1.29 is 49.0 Å². The van der Waals surface area contributed by atoms with E-state index < -0.39 is 58.9 Å². The summed E-state index contributed by atoms with van der Waals surface area (Å²) < 4.78 is 23.9. The number of cyclic esters (lactones) is 1. The lowest BCUT2D eigenvalue weighted by molar-refractivity contribution is -0.246. The van der Waals surface area contributed by atoms with Gasteiger partial charge in [-0.1, -0.05) is 26.3 Å². The minimum atomic E-state index is -1.25. The van der Waals surface area contributed by atoms with Crippen LogP contribution >= 0.6 is 0 Å². The van der Waals surface area contributed by atoms with E-state index in [1.165, 1.54) is 6.92 Å². The Morgan fingerprint density at radius 1 is 1.15 bits per heavy atom. The fourth-order valence-corrected chi connectivity index (χ4v) is 10.7. The van der Waals surface area contributed by atoms with Gasteiger partial charge in [0.2, 0.25) is 0 Å². The molecule has 2 saturated heterocycles. The first-order valence-corrected chi connectivity index (χ1v) is 14.9. The zero-order chi connectivity index (χ0) is 28.7. The molecule has 7 rings (SSSR count). The average Bonchev–Trinajstić information content (AvgIpc) is 3.79. The Labute approximate surface area is 234 Å². The van der Waals surface area contributed by atoms with Crippen molar-refractivity contribution in [3.05, 3.63) is 11.1 Å². The highest BCUT2D eigenvalue weighted by Crippen LogP contribution is 2.74. The van der Waals surface area contributed by atoms with Gasteiger partial charge in [0, 0.05) is 36.5 Å². The number of epoxide rings is 2. The van der Waals surface area contributed by atoms with E-state index in [2.05, 4.69) is 6.92 Å². The van der Waals surface area contributed by atoms with E-state index in [0.29, 0.717) is 25.7 Å². The van der Waals surface area contributed by atoms with Crippen molar-refractivity contribution in [3.63, 3.8) is 0 Å². The number of carbonyl (C=O) groups is 2. The Bertz CT molecular complexity index is 1170. The second-order valence-electron chi connectivity index (χ2n) is 14.3. The summed E-state index contributed by atoms with van der Waals surface area (Å²) in [5, 5.41) is 45.0. The smallest absolute Gasteiger partial charge is 0.336 e. The summed E-state index contributed by atoms with van der Waals surface area (Å²) in [4.78, 5) is 25.2. The van der Waals surface area contributed by atoms with Crippen LogP contribution in [0.1, 0.15) is 60.3 Å². The number of hydrogen-bond donors (Lipinski definition) is 4. The van der Waals surface area contributed by atoms with Gasteiger partial charge >= 0.3 is 11.9 Å². The van der Waals surface area contributed by atoms with Gasteiger partial charge in [-0.05, 0) is 43.4 Å². The highest BCUT2D eigenvalue weighted by Gasteiger charge is 2.83. The van der Waals surface area contributed by atoms with Crippen molar-refractivity contribution in [3.8, 4) is 0 Å². The molecule has 4 saturated carbocycles. The van der Waals surface area contributed by atoms with Gasteiger partial charge in [-0.3, -0.25) is 4.79 Å². The number of hydrogen-bond acceptors (Lipinski definition) is 10. The molecule has 0 unspecified atom stereocenters. The fraction of sp³-hybridized carbons (Fsp3) is 0.867. The SMILES string of the molecule is CC(=O)O[C@H]1C[C@H]2[C@@H]([C@@H]3O[C@@H]3[C@@]3(O)C[C@@H]4O[C@@H]4[C@H](O)[C@]23C)[C@@H]2C[C@H](O)[C@H]([C@H](C)[C@H]3CC(C)=C(CO)C(=O)O3)[C@@]12C. The quantitative estimate of drug-likeness (QED) is 0.286. The maximum atomic E-state index is 12.7. The first-order valence-electron chi connectivity index (χ1n) is 14.9. The minimum Gasteiger partial charge on any atom is -0.462 e. The van der Waals surface area contributed by atoms with E-state index in [9.17, 15) is 30.0 Å². The van der Waals surface area contributed by atoms with Gasteiger partial charge < -0.3 is 39.4 Å². The lowest BCUT2D eigenvalue weighted by atomic mass is 9.42. The molecule has 4 aliphatic carbocycles. The summed E-state index contributed by atoms with van der Waals surface area (Å²) in [6, 6.07) is 0. The maximum absolute atomic E-state index is 12.7. The molecule has 3 heterocycles. The predicted octanol–water partition coefficient (Wildman–Crippen LogP) is 0.868. The number of ether oxygens (including phenoxy) is 4. The number of rotatable bonds is 4. The second kappa shape index (κ2) is 8.51. The van der Waals surface area contributed by atoms with Gasteiger partial charge in [0.15, 0.2) is 0 Å². The van der Waals surface area contributed by atoms with Crippen molar-refractivity contribution in [2.45, 2.75) is 115 Å². The second-order valence-corrected chi connectivity index (χ2v) is 14.3. The zero-order valence-corrected chi connectivity index (χ0v) is 23.8. The Morgan fingerprint density at radius 2 is 1.88 bits per heavy atom. The van der Waals surface area contributed by atoms with E-state index >= 15 is 0 Å². The fourth-order valence-electron chi connectivity index (χ4n) is 10.7. The standard InChI is InChI=1S/C30H42O10/c1-11-6-18(39-27(35)14(11)10-31)12(2)22-17(33)7-15-21-16(8-20(28(15,22)4)37-13(3)32)29(5)25(34)23-19(38-23)9-30(29,36)26-24(21)40-26/h12,15-26,31,33-34,36H,6-10H2,1-5H3/t12-,15+,16+,17+,18-,19+,20+,21+,22+,23+,24+,25+,26+,28-,29+,30+/m1/s1. The van der Waals surface area contributed by atoms with Crippen LogP contribution in [0.5, 0.6) is 0 Å². The third-order valence-corrected chi connectivity index (χ3v) is 12.8. The average molecular weight is 563 g/mol. The molecule has 0 aromatic rings. The van der Waals surface area contributed by atoms with Gasteiger partial charge in [0.05, 0.1) is 36.6 Å². The molecular weight excluding hydrogens is 520 g/mol. The van der Waals surface area contributed by atoms with Crippen LogP contribution in [0, 0.1) is 40.4 Å². The van der Waals surface area contributed by atoms with Gasteiger partial charge in [0.25, 0.3) is 0 Å². The minimum absolute atomic E-state index is 0.0552. The van der Waals surface area contributed by atoms with Crippen molar-refractivity contribution in [1.82, 2.24) is 0 Å². The molecule has 6 fully saturated rings. The van der Waals surface area contributed by atoms with Crippen LogP contribution in [-0.4, -0.2) is 93.4 Å². The molecule has 222 valence electrons. The van der Waals surface area contributed by atoms with Crippen LogP contribution in [-0.2, 0) is 28.5 Å². The van der Waals surface area contributed by atoms with Gasteiger partial charge in [0.1, 0.15) is 30.0 Å². The largest absolute Gasteiger partial charge is 0.462 e. The van der Waals surface area contributed by atoms with E-state index in [1.807, 2.05) is 20.8 Å². The lowest BCUT2D eigenvalue weighted by Crippen LogP contribution is -2.72. The lowest BCUT2D eigenvalue weighted by Gasteiger charge is -2.63. The molecule has 0 bridgehead atoms. The molecule has 0 amide bonds. The molecule has 3 aliphatic heterocycles. The van der Waals surface area contributed by atoms with Crippen molar-refractivity contribution >= 4 is 11.9 Å². The van der Waals surface area contributed by atoms with E-state index in [4.69, 9.17) is 18.9 Å². The highest BCUT2D eigenvalue weighted by atomic mass is 16.6. The summed E-state index contributed by atoms with van der Waals surface area (Å²) in [5.74, 6) is -1.93. The van der Waals surface area contributed by atoms with E-state index in [-0.39, 0.29) is 60.1 Å². The third-order valence-electron chi connectivity index (χ3n) is 12.8. The first-order chi connectivity index (χ1) is 18.8. The van der Waals surface area contributed by atoms with Crippen LogP contribution in [0.3, 0.4) is 0 Å². The third kappa shape index (κ3) is 3.26. The Hall–Kier alpha value is -1.56.